The molecule has 0 heterocycles. The van der Waals surface area contributed by atoms with Crippen LogP contribution in [-0.2, 0) is 11.3 Å². The fraction of sp³-hybridized carbons (Fsp3) is 0.500. The number of ether oxygens (including phenoxy) is 1. The molecule has 1 aliphatic rings. The van der Waals surface area contributed by atoms with Crippen molar-refractivity contribution in [3.05, 3.63) is 35.1 Å². The van der Waals surface area contributed by atoms with Gasteiger partial charge in [-0.15, -0.1) is 0 Å². The summed E-state index contributed by atoms with van der Waals surface area (Å²) >= 11 is 0. The lowest BCUT2D eigenvalue weighted by Crippen LogP contribution is -2.25. The van der Waals surface area contributed by atoms with E-state index in [1.54, 1.807) is 12.1 Å². The minimum atomic E-state index is -0.484. The first-order chi connectivity index (χ1) is 8.74. The molecule has 0 spiro atoms. The van der Waals surface area contributed by atoms with Crippen molar-refractivity contribution in [2.24, 2.45) is 11.7 Å². The highest BCUT2D eigenvalue weighted by Gasteiger charge is 2.26. The summed E-state index contributed by atoms with van der Waals surface area (Å²) in [6.45, 7) is 1.06. The van der Waals surface area contributed by atoms with Crippen molar-refractivity contribution in [2.45, 2.75) is 32.0 Å². The Hall–Kier alpha value is -1.44. The van der Waals surface area contributed by atoms with Crippen LogP contribution in [0.3, 0.4) is 0 Å². The van der Waals surface area contributed by atoms with E-state index in [4.69, 9.17) is 15.7 Å². The molecule has 0 amide bonds. The molecule has 2 N–H and O–H groups in total. The van der Waals surface area contributed by atoms with E-state index in [0.29, 0.717) is 19.1 Å². The van der Waals surface area contributed by atoms with Gasteiger partial charge in [0.25, 0.3) is 0 Å². The summed E-state index contributed by atoms with van der Waals surface area (Å²) in [5.74, 6) is -0.0529. The Labute approximate surface area is 106 Å². The van der Waals surface area contributed by atoms with Gasteiger partial charge in [-0.2, -0.15) is 5.26 Å². The number of hydrogen-bond acceptors (Lipinski definition) is 3. The average Bonchev–Trinajstić information content (AvgIpc) is 2.85. The average molecular weight is 248 g/mol. The van der Waals surface area contributed by atoms with Crippen LogP contribution in [0.25, 0.3) is 0 Å². The molecule has 1 saturated carbocycles. The van der Waals surface area contributed by atoms with Gasteiger partial charge in [0, 0.05) is 0 Å². The second-order valence-electron chi connectivity index (χ2n) is 4.70. The van der Waals surface area contributed by atoms with Gasteiger partial charge in [0.15, 0.2) is 0 Å². The Morgan fingerprint density at radius 2 is 2.28 bits per heavy atom. The van der Waals surface area contributed by atoms with E-state index < -0.39 is 5.82 Å². The zero-order valence-electron chi connectivity index (χ0n) is 10.2. The summed E-state index contributed by atoms with van der Waals surface area (Å²) in [7, 11) is 0. The lowest BCUT2D eigenvalue weighted by atomic mass is 10.1. The summed E-state index contributed by atoms with van der Waals surface area (Å²) in [6, 6.07) is 6.34. The zero-order chi connectivity index (χ0) is 13.0. The summed E-state index contributed by atoms with van der Waals surface area (Å²) in [5, 5.41) is 8.76. The molecule has 0 radical (unpaired) electrons. The molecule has 96 valence electrons. The van der Waals surface area contributed by atoms with E-state index in [1.807, 2.05) is 6.07 Å². The van der Waals surface area contributed by atoms with Crippen molar-refractivity contribution in [1.82, 2.24) is 0 Å². The van der Waals surface area contributed by atoms with Gasteiger partial charge < -0.3 is 10.5 Å². The minimum absolute atomic E-state index is 0.0675. The molecule has 1 aliphatic carbocycles. The molecule has 2 rings (SSSR count). The summed E-state index contributed by atoms with van der Waals surface area (Å²) < 4.78 is 19.0. The molecule has 0 aromatic heterocycles. The first-order valence-electron chi connectivity index (χ1n) is 6.24. The summed E-state index contributed by atoms with van der Waals surface area (Å²) in [5.41, 5.74) is 6.58. The van der Waals surface area contributed by atoms with Crippen molar-refractivity contribution in [3.63, 3.8) is 0 Å². The molecule has 0 aliphatic heterocycles. The van der Waals surface area contributed by atoms with E-state index in [-0.39, 0.29) is 11.7 Å². The van der Waals surface area contributed by atoms with E-state index in [9.17, 15) is 4.39 Å². The highest BCUT2D eigenvalue weighted by molar-refractivity contribution is 5.34. The number of nitrogens with zero attached hydrogens (tertiary/aromatic N) is 1. The highest BCUT2D eigenvalue weighted by atomic mass is 19.1. The van der Waals surface area contributed by atoms with Crippen molar-refractivity contribution in [1.29, 1.82) is 5.26 Å². The fourth-order valence-corrected chi connectivity index (χ4v) is 2.44. The molecule has 2 unspecified atom stereocenters. The van der Waals surface area contributed by atoms with Crippen LogP contribution in [0.4, 0.5) is 4.39 Å². The molecule has 3 nitrogen and oxygen atoms in total. The third-order valence-corrected chi connectivity index (χ3v) is 3.51. The van der Waals surface area contributed by atoms with Crippen LogP contribution in [0, 0.1) is 23.1 Å². The maximum absolute atomic E-state index is 13.1. The van der Waals surface area contributed by atoms with Gasteiger partial charge in [-0.25, -0.2) is 4.39 Å². The number of nitriles is 1. The third-order valence-electron chi connectivity index (χ3n) is 3.51. The largest absolute Gasteiger partial charge is 0.373 e. The number of nitrogens with two attached hydrogens (primary N) is 1. The molecule has 2 atom stereocenters. The lowest BCUT2D eigenvalue weighted by Gasteiger charge is -2.18. The fourth-order valence-electron chi connectivity index (χ4n) is 2.44. The molecule has 4 heteroatoms. The highest BCUT2D eigenvalue weighted by Crippen LogP contribution is 2.28. The second-order valence-corrected chi connectivity index (χ2v) is 4.70. The van der Waals surface area contributed by atoms with E-state index in [0.717, 1.165) is 24.8 Å². The summed E-state index contributed by atoms with van der Waals surface area (Å²) in [4.78, 5) is 0. The zero-order valence-corrected chi connectivity index (χ0v) is 10.2. The Morgan fingerprint density at radius 1 is 1.44 bits per heavy atom. The normalized spacial score (nSPS) is 22.9. The van der Waals surface area contributed by atoms with Gasteiger partial charge in [0.2, 0.25) is 0 Å². The number of benzene rings is 1. The van der Waals surface area contributed by atoms with E-state index in [2.05, 4.69) is 0 Å². The molecule has 1 aromatic rings. The molecular formula is C14H17FN2O. The third kappa shape index (κ3) is 2.87. The van der Waals surface area contributed by atoms with Gasteiger partial charge in [-0.3, -0.25) is 0 Å². The van der Waals surface area contributed by atoms with Crippen LogP contribution in [0.5, 0.6) is 0 Å². The molecular weight excluding hydrogens is 231 g/mol. The lowest BCUT2D eigenvalue weighted by molar-refractivity contribution is 0.0182. The van der Waals surface area contributed by atoms with Crippen molar-refractivity contribution in [2.75, 3.05) is 6.54 Å². The predicted molar refractivity (Wildman–Crippen MR) is 66.1 cm³/mol. The van der Waals surface area contributed by atoms with Crippen LogP contribution in [0.1, 0.15) is 30.4 Å². The first-order valence-corrected chi connectivity index (χ1v) is 6.24. The molecule has 1 fully saturated rings. The first kappa shape index (κ1) is 13.0. The van der Waals surface area contributed by atoms with E-state index in [1.165, 1.54) is 6.07 Å². The maximum atomic E-state index is 13.1. The van der Waals surface area contributed by atoms with Gasteiger partial charge >= 0.3 is 0 Å². The molecule has 18 heavy (non-hydrogen) atoms. The van der Waals surface area contributed by atoms with Crippen molar-refractivity contribution in [3.8, 4) is 6.07 Å². The van der Waals surface area contributed by atoms with Gasteiger partial charge in [0.1, 0.15) is 11.9 Å². The monoisotopic (exact) mass is 248 g/mol. The van der Waals surface area contributed by atoms with Crippen LogP contribution >= 0.6 is 0 Å². The van der Waals surface area contributed by atoms with Crippen LogP contribution < -0.4 is 5.73 Å². The Balaban J connectivity index is 1.96. The van der Waals surface area contributed by atoms with Crippen LogP contribution in [0.15, 0.2) is 18.2 Å². The number of rotatable bonds is 4. The van der Waals surface area contributed by atoms with Crippen LogP contribution in [0.2, 0.25) is 0 Å². The topological polar surface area (TPSA) is 59.0 Å². The Bertz CT molecular complexity index is 456. The quantitative estimate of drug-likeness (QED) is 0.889. The molecule has 1 aromatic carbocycles. The Kier molecular flexibility index (Phi) is 4.29. The van der Waals surface area contributed by atoms with Crippen molar-refractivity contribution >= 4 is 0 Å². The molecule has 0 saturated heterocycles. The van der Waals surface area contributed by atoms with Gasteiger partial charge in [-0.1, -0.05) is 12.5 Å². The Morgan fingerprint density at radius 3 is 3.00 bits per heavy atom. The SMILES string of the molecule is N#Cc1cc(COC2CCCC2CN)ccc1F. The summed E-state index contributed by atoms with van der Waals surface area (Å²) in [6.07, 6.45) is 3.51. The standard InChI is InChI=1S/C14H17FN2O/c15-13-5-4-10(6-12(13)8-17)9-18-14-3-1-2-11(14)7-16/h4-6,11,14H,1-3,7,9,16H2. The van der Waals surface area contributed by atoms with Crippen molar-refractivity contribution < 1.29 is 9.13 Å². The predicted octanol–water partition coefficient (Wildman–Crippen LogP) is 2.34. The second kappa shape index (κ2) is 5.94. The smallest absolute Gasteiger partial charge is 0.140 e. The van der Waals surface area contributed by atoms with Crippen LogP contribution in [-0.4, -0.2) is 12.6 Å². The minimum Gasteiger partial charge on any atom is -0.373 e. The van der Waals surface area contributed by atoms with Gasteiger partial charge in [-0.05, 0) is 43.0 Å². The number of hydrogen-bond donors (Lipinski definition) is 1. The number of halogens is 1. The van der Waals surface area contributed by atoms with Gasteiger partial charge in [0.05, 0.1) is 18.3 Å². The molecule has 0 bridgehead atoms. The van der Waals surface area contributed by atoms with E-state index >= 15 is 0 Å². The maximum Gasteiger partial charge on any atom is 0.140 e.